The van der Waals surface area contributed by atoms with Crippen molar-refractivity contribution in [1.29, 1.82) is 0 Å². The second kappa shape index (κ2) is 3.53. The van der Waals surface area contributed by atoms with Gasteiger partial charge in [-0.1, -0.05) is 0 Å². The Bertz CT molecular complexity index is 61.1. The van der Waals surface area contributed by atoms with Crippen LogP contribution >= 0.6 is 0 Å². The van der Waals surface area contributed by atoms with Gasteiger partial charge in [-0.25, -0.2) is 0 Å². The molecule has 0 radical (unpaired) electrons. The van der Waals surface area contributed by atoms with Crippen LogP contribution in [0.25, 0.3) is 0 Å². The molecule has 0 bridgehead atoms. The number of carbonyl (C=O) groups excluding carboxylic acids is 1. The van der Waals surface area contributed by atoms with E-state index in [1.165, 1.54) is 0 Å². The van der Waals surface area contributed by atoms with E-state index in [4.69, 9.17) is 5.73 Å². The minimum atomic E-state index is -0.233. The first-order valence-corrected chi connectivity index (χ1v) is 2.35. The van der Waals surface area contributed by atoms with E-state index in [2.05, 4.69) is 6.92 Å². The zero-order valence-corrected chi connectivity index (χ0v) is 4.31. The van der Waals surface area contributed by atoms with Crippen LogP contribution in [0, 0.1) is 6.92 Å². The van der Waals surface area contributed by atoms with Gasteiger partial charge in [-0.2, -0.15) is 0 Å². The van der Waals surface area contributed by atoms with Gasteiger partial charge < -0.3 is 5.73 Å². The van der Waals surface area contributed by atoms with Gasteiger partial charge in [0.05, 0.1) is 13.3 Å². The Labute approximate surface area is 43.7 Å². The number of unbranched alkanes of at least 4 members (excludes halogenated alkanes) is 1. The number of carbonyl (C=O) groups is 1. The molecule has 0 aromatic rings. The van der Waals surface area contributed by atoms with Gasteiger partial charge in [0.2, 0.25) is 5.91 Å². The molecular formula is C5H10NO+. The second-order valence-electron chi connectivity index (χ2n) is 1.42. The molecule has 0 aliphatic rings. The summed E-state index contributed by atoms with van der Waals surface area (Å²) >= 11 is 0. The lowest BCUT2D eigenvalue weighted by molar-refractivity contribution is -0.118. The molecule has 40 valence electrons. The summed E-state index contributed by atoms with van der Waals surface area (Å²) in [6.45, 7) is 3.55. The predicted octanol–water partition coefficient (Wildman–Crippen LogP) is 0.476. The molecule has 0 heterocycles. The van der Waals surface area contributed by atoms with Gasteiger partial charge in [0.25, 0.3) is 0 Å². The number of amides is 1. The molecule has 0 unspecified atom stereocenters. The first-order chi connectivity index (χ1) is 3.27. The van der Waals surface area contributed by atoms with Gasteiger partial charge in [0.15, 0.2) is 0 Å². The molecule has 2 heteroatoms. The molecule has 0 atom stereocenters. The van der Waals surface area contributed by atoms with E-state index in [1.807, 2.05) is 0 Å². The summed E-state index contributed by atoms with van der Waals surface area (Å²) in [5, 5.41) is 0. The molecule has 2 N–H and O–H groups in total. The van der Waals surface area contributed by atoms with Crippen LogP contribution in [-0.4, -0.2) is 5.91 Å². The maximum absolute atomic E-state index is 9.95. The lowest BCUT2D eigenvalue weighted by Gasteiger charge is -1.83. The minimum absolute atomic E-state index is 0.233. The maximum atomic E-state index is 9.95. The van der Waals surface area contributed by atoms with Crippen molar-refractivity contribution in [2.24, 2.45) is 5.73 Å². The Hall–Kier alpha value is -0.660. The smallest absolute Gasteiger partial charge is 0.217 e. The summed E-state index contributed by atoms with van der Waals surface area (Å²) in [6.07, 6.45) is 2.09. The monoisotopic (exact) mass is 100 g/mol. The van der Waals surface area contributed by atoms with Gasteiger partial charge in [-0.05, 0) is 6.42 Å². The van der Waals surface area contributed by atoms with Gasteiger partial charge in [0, 0.05) is 6.42 Å². The third kappa shape index (κ3) is 5.34. The molecule has 0 saturated carbocycles. The molecule has 7 heavy (non-hydrogen) atoms. The molecule has 0 fully saturated rings. The van der Waals surface area contributed by atoms with Crippen LogP contribution in [-0.2, 0) is 4.79 Å². The fourth-order valence-corrected chi connectivity index (χ4v) is 0.299. The topological polar surface area (TPSA) is 43.1 Å². The van der Waals surface area contributed by atoms with Crippen LogP contribution in [0.15, 0.2) is 0 Å². The summed E-state index contributed by atoms with van der Waals surface area (Å²) < 4.78 is 0. The zero-order valence-electron chi connectivity index (χ0n) is 4.31. The van der Waals surface area contributed by atoms with Crippen molar-refractivity contribution in [2.45, 2.75) is 19.3 Å². The van der Waals surface area contributed by atoms with E-state index >= 15 is 0 Å². The lowest BCUT2D eigenvalue weighted by Crippen LogP contribution is -2.09. The molecule has 0 spiro atoms. The van der Waals surface area contributed by atoms with Crippen LogP contribution in [0.3, 0.4) is 0 Å². The van der Waals surface area contributed by atoms with Crippen LogP contribution in [0.4, 0.5) is 0 Å². The molecule has 1 amide bonds. The van der Waals surface area contributed by atoms with E-state index in [1.54, 1.807) is 0 Å². The van der Waals surface area contributed by atoms with Crippen LogP contribution in [0.5, 0.6) is 0 Å². The Morgan fingerprint density at radius 1 is 1.71 bits per heavy atom. The van der Waals surface area contributed by atoms with Crippen LogP contribution in [0.2, 0.25) is 0 Å². The third-order valence-corrected chi connectivity index (χ3v) is 0.673. The quantitative estimate of drug-likeness (QED) is 0.515. The first-order valence-electron chi connectivity index (χ1n) is 2.35. The van der Waals surface area contributed by atoms with Crippen molar-refractivity contribution in [3.63, 3.8) is 0 Å². The minimum Gasteiger partial charge on any atom is -0.370 e. The number of hydrogen-bond donors (Lipinski definition) is 1. The van der Waals surface area contributed by atoms with Gasteiger partial charge >= 0.3 is 0 Å². The average molecular weight is 100 g/mol. The number of rotatable bonds is 3. The Kier molecular flexibility index (Phi) is 3.19. The SMILES string of the molecule is [CH2+]CCCC(N)=O. The number of nitrogens with two attached hydrogens (primary N) is 1. The normalized spacial score (nSPS) is 8.57. The number of hydrogen-bond acceptors (Lipinski definition) is 1. The molecule has 0 rings (SSSR count). The molecule has 0 aromatic carbocycles. The highest BCUT2D eigenvalue weighted by molar-refractivity contribution is 5.73. The molecular weight excluding hydrogens is 90.1 g/mol. The molecule has 0 aromatic heterocycles. The summed E-state index contributed by atoms with van der Waals surface area (Å²) in [5.41, 5.74) is 4.81. The Morgan fingerprint density at radius 3 is 2.43 bits per heavy atom. The van der Waals surface area contributed by atoms with Crippen LogP contribution < -0.4 is 5.73 Å². The van der Waals surface area contributed by atoms with Gasteiger partial charge in [0.1, 0.15) is 0 Å². The highest BCUT2D eigenvalue weighted by Crippen LogP contribution is 1.89. The number of primary amides is 1. The average Bonchev–Trinajstić information content (AvgIpc) is 1.61. The van der Waals surface area contributed by atoms with E-state index in [0.29, 0.717) is 6.42 Å². The standard InChI is InChI=1S/C5H9NO/c1-2-3-4-5(6)7/h1-4H2,(H-,6,7)/p+1. The van der Waals surface area contributed by atoms with Crippen molar-refractivity contribution in [3.8, 4) is 0 Å². The summed E-state index contributed by atoms with van der Waals surface area (Å²) in [7, 11) is 0. The van der Waals surface area contributed by atoms with Crippen molar-refractivity contribution in [2.75, 3.05) is 0 Å². The summed E-state index contributed by atoms with van der Waals surface area (Å²) in [5.74, 6) is -0.233. The van der Waals surface area contributed by atoms with Crippen LogP contribution in [0.1, 0.15) is 19.3 Å². The Morgan fingerprint density at radius 2 is 2.29 bits per heavy atom. The molecule has 0 saturated heterocycles. The van der Waals surface area contributed by atoms with Gasteiger partial charge in [-0.3, -0.25) is 4.79 Å². The summed E-state index contributed by atoms with van der Waals surface area (Å²) in [6, 6.07) is 0. The largest absolute Gasteiger partial charge is 0.370 e. The summed E-state index contributed by atoms with van der Waals surface area (Å²) in [4.78, 5) is 9.95. The lowest BCUT2D eigenvalue weighted by atomic mass is 10.2. The van der Waals surface area contributed by atoms with Crippen molar-refractivity contribution in [1.82, 2.24) is 0 Å². The highest BCUT2D eigenvalue weighted by Gasteiger charge is 1.91. The second-order valence-corrected chi connectivity index (χ2v) is 1.42. The van der Waals surface area contributed by atoms with Crippen molar-refractivity contribution < 1.29 is 4.79 Å². The molecule has 0 aliphatic carbocycles. The van der Waals surface area contributed by atoms with E-state index in [9.17, 15) is 4.79 Å². The zero-order chi connectivity index (χ0) is 5.70. The van der Waals surface area contributed by atoms with E-state index in [0.717, 1.165) is 12.8 Å². The van der Waals surface area contributed by atoms with Crippen molar-refractivity contribution >= 4 is 5.91 Å². The first kappa shape index (κ1) is 6.34. The van der Waals surface area contributed by atoms with E-state index in [-0.39, 0.29) is 5.91 Å². The highest BCUT2D eigenvalue weighted by atomic mass is 16.1. The maximum Gasteiger partial charge on any atom is 0.217 e. The fraction of sp³-hybridized carbons (Fsp3) is 0.600. The van der Waals surface area contributed by atoms with E-state index < -0.39 is 0 Å². The Balaban J connectivity index is 2.82. The fourth-order valence-electron chi connectivity index (χ4n) is 0.299. The molecule has 2 nitrogen and oxygen atoms in total. The third-order valence-electron chi connectivity index (χ3n) is 0.673. The molecule has 0 aliphatic heterocycles. The van der Waals surface area contributed by atoms with Crippen molar-refractivity contribution in [3.05, 3.63) is 6.92 Å². The van der Waals surface area contributed by atoms with Gasteiger partial charge in [-0.15, -0.1) is 0 Å². The predicted molar refractivity (Wildman–Crippen MR) is 28.4 cm³/mol.